The molecule has 0 bridgehead atoms. The summed E-state index contributed by atoms with van der Waals surface area (Å²) in [6.45, 7) is 7.29. The minimum Gasteiger partial charge on any atom is -0.378 e. The van der Waals surface area contributed by atoms with Gasteiger partial charge < -0.3 is 10.1 Å². The van der Waals surface area contributed by atoms with Crippen molar-refractivity contribution in [1.82, 2.24) is 24.7 Å². The zero-order valence-electron chi connectivity index (χ0n) is 13.2. The molecule has 0 aliphatic heterocycles. The summed E-state index contributed by atoms with van der Waals surface area (Å²) in [6.07, 6.45) is 1.54. The number of methoxy groups -OCH3 is 1. The van der Waals surface area contributed by atoms with Crippen LogP contribution in [-0.2, 0) is 30.4 Å². The normalized spacial score (nSPS) is 11.7. The highest BCUT2D eigenvalue weighted by atomic mass is 16.5. The molecule has 0 atom stereocenters. The fourth-order valence-corrected chi connectivity index (χ4v) is 1.80. The Balaban J connectivity index is 2.21. The van der Waals surface area contributed by atoms with Gasteiger partial charge in [0, 0.05) is 25.6 Å². The van der Waals surface area contributed by atoms with Crippen LogP contribution in [0.2, 0.25) is 0 Å². The van der Waals surface area contributed by atoms with E-state index in [1.165, 1.54) is 6.33 Å². The van der Waals surface area contributed by atoms with Gasteiger partial charge in [0.25, 0.3) is 0 Å². The molecule has 2 aromatic heterocycles. The predicted octanol–water partition coefficient (Wildman–Crippen LogP) is 1.66. The van der Waals surface area contributed by atoms with Crippen molar-refractivity contribution in [3.63, 3.8) is 0 Å². The number of hydrogen-bond donors (Lipinski definition) is 1. The van der Waals surface area contributed by atoms with Gasteiger partial charge in [-0.05, 0) is 0 Å². The van der Waals surface area contributed by atoms with Gasteiger partial charge in [-0.2, -0.15) is 5.10 Å². The highest BCUT2D eigenvalue weighted by Crippen LogP contribution is 2.21. The molecule has 0 aliphatic rings. The van der Waals surface area contributed by atoms with Gasteiger partial charge in [0.15, 0.2) is 0 Å². The molecular formula is C14H22N6O. The third-order valence-corrected chi connectivity index (χ3v) is 2.98. The van der Waals surface area contributed by atoms with Crippen molar-refractivity contribution in [2.75, 3.05) is 12.4 Å². The largest absolute Gasteiger partial charge is 0.378 e. The van der Waals surface area contributed by atoms with Crippen molar-refractivity contribution in [2.45, 2.75) is 39.3 Å². The molecule has 7 nitrogen and oxygen atoms in total. The van der Waals surface area contributed by atoms with Gasteiger partial charge in [0.1, 0.15) is 23.8 Å². The number of ether oxygens (including phenoxy) is 1. The van der Waals surface area contributed by atoms with Crippen LogP contribution in [-0.4, -0.2) is 31.8 Å². The monoisotopic (exact) mass is 290 g/mol. The van der Waals surface area contributed by atoms with Crippen molar-refractivity contribution < 1.29 is 4.74 Å². The SMILES string of the molecule is COCc1cc(NCc2ncnn2C)nc(C(C)(C)C)n1. The van der Waals surface area contributed by atoms with Crippen molar-refractivity contribution in [3.05, 3.63) is 29.7 Å². The molecule has 7 heteroatoms. The van der Waals surface area contributed by atoms with Gasteiger partial charge >= 0.3 is 0 Å². The zero-order chi connectivity index (χ0) is 15.5. The summed E-state index contributed by atoms with van der Waals surface area (Å²) in [5.74, 6) is 2.40. The fourth-order valence-electron chi connectivity index (χ4n) is 1.80. The lowest BCUT2D eigenvalue weighted by Crippen LogP contribution is -2.19. The van der Waals surface area contributed by atoms with E-state index in [4.69, 9.17) is 4.74 Å². The first-order valence-electron chi connectivity index (χ1n) is 6.84. The molecule has 2 aromatic rings. The Labute approximate surface area is 124 Å². The number of anilines is 1. The fraction of sp³-hybridized carbons (Fsp3) is 0.571. The molecule has 2 rings (SSSR count). The van der Waals surface area contributed by atoms with Crippen LogP contribution in [0, 0.1) is 0 Å². The molecule has 0 spiro atoms. The summed E-state index contributed by atoms with van der Waals surface area (Å²) in [5.41, 5.74) is 0.739. The standard InChI is InChI=1S/C14H22N6O/c1-14(2,3)13-18-10(8-21-5)6-11(19-13)15-7-12-16-9-17-20(12)4/h6,9H,7-8H2,1-5H3,(H,15,18,19). The van der Waals surface area contributed by atoms with E-state index in [1.54, 1.807) is 11.8 Å². The molecule has 0 saturated heterocycles. The average molecular weight is 290 g/mol. The van der Waals surface area contributed by atoms with Crippen LogP contribution < -0.4 is 5.32 Å². The Kier molecular flexibility index (Phi) is 4.52. The summed E-state index contributed by atoms with van der Waals surface area (Å²) >= 11 is 0. The Bertz CT molecular complexity index is 602. The molecular weight excluding hydrogens is 268 g/mol. The topological polar surface area (TPSA) is 77.8 Å². The van der Waals surface area contributed by atoms with Crippen LogP contribution in [0.25, 0.3) is 0 Å². The van der Waals surface area contributed by atoms with Crippen LogP contribution in [0.1, 0.15) is 38.1 Å². The summed E-state index contributed by atoms with van der Waals surface area (Å²) < 4.78 is 6.91. The third-order valence-electron chi connectivity index (χ3n) is 2.98. The van der Waals surface area contributed by atoms with E-state index in [0.29, 0.717) is 13.2 Å². The lowest BCUT2D eigenvalue weighted by atomic mass is 9.95. The lowest BCUT2D eigenvalue weighted by molar-refractivity contribution is 0.181. The Morgan fingerprint density at radius 3 is 2.62 bits per heavy atom. The number of nitrogens with zero attached hydrogens (tertiary/aromatic N) is 5. The first-order chi connectivity index (χ1) is 9.90. The molecule has 1 N–H and O–H groups in total. The summed E-state index contributed by atoms with van der Waals surface area (Å²) in [6, 6.07) is 1.90. The number of rotatable bonds is 5. The lowest BCUT2D eigenvalue weighted by Gasteiger charge is -2.18. The molecule has 114 valence electrons. The van der Waals surface area contributed by atoms with Gasteiger partial charge in [-0.3, -0.25) is 4.68 Å². The maximum Gasteiger partial charge on any atom is 0.145 e. The molecule has 0 aromatic carbocycles. The van der Waals surface area contributed by atoms with Crippen LogP contribution in [0.5, 0.6) is 0 Å². The Morgan fingerprint density at radius 1 is 1.29 bits per heavy atom. The summed E-state index contributed by atoms with van der Waals surface area (Å²) in [4.78, 5) is 13.3. The van der Waals surface area contributed by atoms with Crippen LogP contribution in [0.4, 0.5) is 5.82 Å². The predicted molar refractivity (Wildman–Crippen MR) is 79.8 cm³/mol. The average Bonchev–Trinajstić information content (AvgIpc) is 2.81. The van der Waals surface area contributed by atoms with Crippen molar-refractivity contribution in [1.29, 1.82) is 0 Å². The smallest absolute Gasteiger partial charge is 0.145 e. The van der Waals surface area contributed by atoms with E-state index in [-0.39, 0.29) is 5.41 Å². The van der Waals surface area contributed by atoms with Gasteiger partial charge in [0.2, 0.25) is 0 Å². The Morgan fingerprint density at radius 2 is 2.05 bits per heavy atom. The second-order valence-electron chi connectivity index (χ2n) is 5.90. The second kappa shape index (κ2) is 6.17. The van der Waals surface area contributed by atoms with E-state index >= 15 is 0 Å². The molecule has 0 aliphatic carbocycles. The Hall–Kier alpha value is -2.02. The van der Waals surface area contributed by atoms with E-state index < -0.39 is 0 Å². The van der Waals surface area contributed by atoms with Crippen molar-refractivity contribution in [2.24, 2.45) is 7.05 Å². The maximum atomic E-state index is 5.18. The van der Waals surface area contributed by atoms with Gasteiger partial charge in [-0.25, -0.2) is 15.0 Å². The van der Waals surface area contributed by atoms with E-state index in [9.17, 15) is 0 Å². The summed E-state index contributed by atoms with van der Waals surface area (Å²) in [5, 5.41) is 7.31. The molecule has 0 unspecified atom stereocenters. The molecule has 0 saturated carbocycles. The number of hydrogen-bond acceptors (Lipinski definition) is 6. The highest BCUT2D eigenvalue weighted by molar-refractivity contribution is 5.37. The minimum absolute atomic E-state index is 0.120. The first-order valence-corrected chi connectivity index (χ1v) is 6.84. The molecule has 0 amide bonds. The second-order valence-corrected chi connectivity index (χ2v) is 5.90. The minimum atomic E-state index is -0.120. The summed E-state index contributed by atoms with van der Waals surface area (Å²) in [7, 11) is 3.52. The number of nitrogens with one attached hydrogen (secondary N) is 1. The molecule has 2 heterocycles. The van der Waals surface area contributed by atoms with E-state index in [0.717, 1.165) is 23.2 Å². The first kappa shape index (κ1) is 15.4. The van der Waals surface area contributed by atoms with Gasteiger partial charge in [-0.1, -0.05) is 20.8 Å². The van der Waals surface area contributed by atoms with Gasteiger partial charge in [-0.15, -0.1) is 0 Å². The number of aryl methyl sites for hydroxylation is 1. The molecule has 0 radical (unpaired) electrons. The zero-order valence-corrected chi connectivity index (χ0v) is 13.2. The van der Waals surface area contributed by atoms with E-state index in [1.807, 2.05) is 13.1 Å². The quantitative estimate of drug-likeness (QED) is 0.902. The van der Waals surface area contributed by atoms with Gasteiger partial charge in [0.05, 0.1) is 18.8 Å². The van der Waals surface area contributed by atoms with Crippen LogP contribution in [0.15, 0.2) is 12.4 Å². The van der Waals surface area contributed by atoms with Crippen LogP contribution in [0.3, 0.4) is 0 Å². The number of aromatic nitrogens is 5. The maximum absolute atomic E-state index is 5.18. The molecule has 21 heavy (non-hydrogen) atoms. The van der Waals surface area contributed by atoms with Crippen LogP contribution >= 0.6 is 0 Å². The highest BCUT2D eigenvalue weighted by Gasteiger charge is 2.19. The van der Waals surface area contributed by atoms with E-state index in [2.05, 4.69) is 46.1 Å². The molecule has 0 fully saturated rings. The third kappa shape index (κ3) is 3.98. The van der Waals surface area contributed by atoms with Crippen molar-refractivity contribution >= 4 is 5.82 Å². The van der Waals surface area contributed by atoms with Crippen molar-refractivity contribution in [3.8, 4) is 0 Å².